The summed E-state index contributed by atoms with van der Waals surface area (Å²) >= 11 is 1.14. The first-order valence-electron chi connectivity index (χ1n) is 2.44. The van der Waals surface area contributed by atoms with Crippen molar-refractivity contribution < 1.29 is 21.8 Å². The van der Waals surface area contributed by atoms with Crippen LogP contribution in [0, 0.1) is 0 Å². The van der Waals surface area contributed by atoms with Gasteiger partial charge in [0.05, 0.1) is 6.26 Å². The van der Waals surface area contributed by atoms with E-state index in [2.05, 4.69) is 0 Å². The number of rotatable bonds is 2. The van der Waals surface area contributed by atoms with E-state index in [0.29, 0.717) is 5.75 Å². The molecule has 0 aromatic rings. The average Bonchev–Trinajstić information content (AvgIpc) is 1.67. The molecule has 0 fully saturated rings. The first-order chi connectivity index (χ1) is 3.68. The van der Waals surface area contributed by atoms with E-state index >= 15 is 0 Å². The summed E-state index contributed by atoms with van der Waals surface area (Å²) in [5.41, 5.74) is 0. The van der Waals surface area contributed by atoms with Crippen molar-refractivity contribution in [1.82, 2.24) is 4.90 Å². The van der Waals surface area contributed by atoms with Gasteiger partial charge in [0.15, 0.2) is 5.75 Å². The molecule has 2 nitrogen and oxygen atoms in total. The number of halogens is 1. The second-order valence-electron chi connectivity index (χ2n) is 1.76. The van der Waals surface area contributed by atoms with Gasteiger partial charge in [-0.05, 0) is 11.8 Å². The Kier molecular flexibility index (Phi) is 8.58. The Bertz CT molecular complexity index is 87.0. The summed E-state index contributed by atoms with van der Waals surface area (Å²) in [5, 5.41) is 0. The Balaban J connectivity index is 0. The molecular weight excluding hydrogens is 202 g/mol. The van der Waals surface area contributed by atoms with Crippen LogP contribution in [0.15, 0.2) is 0 Å². The van der Waals surface area contributed by atoms with Gasteiger partial charge in [-0.25, -0.2) is 0 Å². The van der Waals surface area contributed by atoms with Crippen LogP contribution < -0.4 is 17.0 Å². The van der Waals surface area contributed by atoms with Crippen LogP contribution in [0.25, 0.3) is 0 Å². The minimum absolute atomic E-state index is 0. The van der Waals surface area contributed by atoms with Crippen molar-refractivity contribution >= 4 is 17.7 Å². The predicted molar refractivity (Wildman–Crippen MR) is 38.2 cm³/mol. The van der Waals surface area contributed by atoms with E-state index in [9.17, 15) is 4.79 Å². The lowest BCUT2D eigenvalue weighted by atomic mass is 10.6. The fourth-order valence-electron chi connectivity index (χ4n) is 0.277. The highest BCUT2D eigenvalue weighted by molar-refractivity contribution is 7.78. The average molecular weight is 214 g/mol. The van der Waals surface area contributed by atoms with Gasteiger partial charge in [-0.15, -0.1) is 0 Å². The molecule has 0 N–H and O–H groups in total. The molecule has 0 spiro atoms. The van der Waals surface area contributed by atoms with Gasteiger partial charge in [-0.2, -0.15) is 0 Å². The molecule has 0 rings (SSSR count). The lowest BCUT2D eigenvalue weighted by Gasteiger charge is -2.04. The maximum Gasteiger partial charge on any atom is 0.271 e. The van der Waals surface area contributed by atoms with Crippen molar-refractivity contribution in [3.8, 4) is 0 Å². The maximum atomic E-state index is 10.7. The fraction of sp³-hybridized carbons (Fsp3) is 0.800. The molecule has 0 aliphatic heterocycles. The predicted octanol–water partition coefficient (Wildman–Crippen LogP) is -3.48. The van der Waals surface area contributed by atoms with Crippen LogP contribution >= 0.6 is 0 Å². The maximum absolute atomic E-state index is 10.7. The highest BCUT2D eigenvalue weighted by Gasteiger charge is 2.04. The Morgan fingerprint density at radius 1 is 1.56 bits per heavy atom. The minimum atomic E-state index is 0. The molecule has 0 aromatic heterocycles. The summed E-state index contributed by atoms with van der Waals surface area (Å²) in [7, 11) is 3.54. The van der Waals surface area contributed by atoms with Gasteiger partial charge in [0, 0.05) is 14.1 Å². The zero-order valence-electron chi connectivity index (χ0n) is 5.89. The molecular formula is C5H12BrNOS. The summed E-state index contributed by atoms with van der Waals surface area (Å²) < 4.78 is 0. The molecule has 0 aliphatic rings. The largest absolute Gasteiger partial charge is 1.00 e. The molecule has 0 bridgehead atoms. The zero-order chi connectivity index (χ0) is 6.57. The third-order valence-electron chi connectivity index (χ3n) is 0.792. The molecule has 0 saturated carbocycles. The minimum Gasteiger partial charge on any atom is -1.00 e. The topological polar surface area (TPSA) is 20.3 Å². The lowest BCUT2D eigenvalue weighted by Crippen LogP contribution is -3.00. The number of hydrogen-bond donors (Lipinski definition) is 0. The highest BCUT2D eigenvalue weighted by Crippen LogP contribution is 1.77. The molecule has 0 aliphatic carbocycles. The number of amides is 1. The van der Waals surface area contributed by atoms with E-state index in [1.54, 1.807) is 19.0 Å². The van der Waals surface area contributed by atoms with E-state index in [1.807, 2.05) is 6.26 Å². The number of carbonyl (C=O) groups is 1. The van der Waals surface area contributed by atoms with E-state index in [0.717, 1.165) is 11.8 Å². The van der Waals surface area contributed by atoms with Crippen molar-refractivity contribution in [2.75, 3.05) is 26.1 Å². The first kappa shape index (κ1) is 12.0. The number of nitrogens with zero attached hydrogens (tertiary/aromatic N) is 1. The highest BCUT2D eigenvalue weighted by atomic mass is 79.9. The molecule has 56 valence electrons. The van der Waals surface area contributed by atoms with Gasteiger partial charge in [-0.1, -0.05) is 0 Å². The summed E-state index contributed by atoms with van der Waals surface area (Å²) in [6.07, 6.45) is 1.97. The molecule has 0 atom stereocenters. The Labute approximate surface area is 70.8 Å². The zero-order valence-corrected chi connectivity index (χ0v) is 8.37. The van der Waals surface area contributed by atoms with Crippen LogP contribution in [-0.4, -0.2) is 36.9 Å². The number of hydrogen-bond acceptors (Lipinski definition) is 1. The molecule has 9 heavy (non-hydrogen) atoms. The monoisotopic (exact) mass is 213 g/mol. The van der Waals surface area contributed by atoms with Crippen LogP contribution in [0.4, 0.5) is 0 Å². The van der Waals surface area contributed by atoms with Crippen molar-refractivity contribution in [3.05, 3.63) is 0 Å². The molecule has 0 heterocycles. The second kappa shape index (κ2) is 6.42. The van der Waals surface area contributed by atoms with Gasteiger partial charge in [0.25, 0.3) is 5.91 Å². The fourth-order valence-corrected chi connectivity index (χ4v) is 0.830. The van der Waals surface area contributed by atoms with Crippen LogP contribution in [-0.2, 0) is 16.6 Å². The summed E-state index contributed by atoms with van der Waals surface area (Å²) in [4.78, 5) is 12.3. The van der Waals surface area contributed by atoms with Crippen molar-refractivity contribution in [2.24, 2.45) is 0 Å². The van der Waals surface area contributed by atoms with Gasteiger partial charge >= 0.3 is 0 Å². The third-order valence-corrected chi connectivity index (χ3v) is 1.38. The van der Waals surface area contributed by atoms with Crippen LogP contribution in [0.1, 0.15) is 0 Å². The Morgan fingerprint density at radius 3 is 2.11 bits per heavy atom. The Hall–Kier alpha value is 0.300. The molecule has 0 saturated heterocycles. The van der Waals surface area contributed by atoms with Crippen LogP contribution in [0.5, 0.6) is 0 Å². The molecule has 0 radical (unpaired) electrons. The van der Waals surface area contributed by atoms with E-state index in [4.69, 9.17) is 0 Å². The molecule has 4 heteroatoms. The van der Waals surface area contributed by atoms with Crippen molar-refractivity contribution in [3.63, 3.8) is 0 Å². The normalized spacial score (nSPS) is 7.89. The molecule has 0 aromatic carbocycles. The van der Waals surface area contributed by atoms with E-state index in [1.165, 1.54) is 0 Å². The lowest BCUT2D eigenvalue weighted by molar-refractivity contribution is -0.125. The SMILES string of the molecule is C[SH+]CC(=O)N(C)C.[Br-]. The van der Waals surface area contributed by atoms with E-state index < -0.39 is 0 Å². The smallest absolute Gasteiger partial charge is 0.271 e. The quantitative estimate of drug-likeness (QED) is 0.345. The van der Waals surface area contributed by atoms with Gasteiger partial charge < -0.3 is 21.9 Å². The molecule has 0 unspecified atom stereocenters. The number of carbonyl (C=O) groups excluding carboxylic acids is 1. The van der Waals surface area contributed by atoms with E-state index in [-0.39, 0.29) is 22.9 Å². The first-order valence-corrected chi connectivity index (χ1v) is 3.97. The molecule has 1 amide bonds. The van der Waals surface area contributed by atoms with Gasteiger partial charge in [0.1, 0.15) is 0 Å². The summed E-state index contributed by atoms with van der Waals surface area (Å²) in [6, 6.07) is 0. The van der Waals surface area contributed by atoms with Crippen LogP contribution in [0.2, 0.25) is 0 Å². The second-order valence-corrected chi connectivity index (χ2v) is 2.71. The summed E-state index contributed by atoms with van der Waals surface area (Å²) in [6.45, 7) is 0. The van der Waals surface area contributed by atoms with Gasteiger partial charge in [0.2, 0.25) is 0 Å². The summed E-state index contributed by atoms with van der Waals surface area (Å²) in [5.74, 6) is 0.849. The van der Waals surface area contributed by atoms with Crippen molar-refractivity contribution in [1.29, 1.82) is 0 Å². The van der Waals surface area contributed by atoms with Crippen molar-refractivity contribution in [2.45, 2.75) is 0 Å². The standard InChI is InChI=1S/C5H11NOS.BrH/c1-6(2)5(7)4-8-3;/h4H2,1-3H3;1H. The van der Waals surface area contributed by atoms with Gasteiger partial charge in [-0.3, -0.25) is 4.79 Å². The van der Waals surface area contributed by atoms with Crippen LogP contribution in [0.3, 0.4) is 0 Å². The third kappa shape index (κ3) is 6.18. The Morgan fingerprint density at radius 2 is 2.00 bits per heavy atom. The number of thiol groups is 1.